The summed E-state index contributed by atoms with van der Waals surface area (Å²) in [5.74, 6) is 0.501. The van der Waals surface area contributed by atoms with E-state index in [4.69, 9.17) is 0 Å². The Labute approximate surface area is 147 Å². The van der Waals surface area contributed by atoms with E-state index in [1.54, 1.807) is 30.3 Å². The van der Waals surface area contributed by atoms with Crippen molar-refractivity contribution in [2.75, 3.05) is 43.4 Å². The molecule has 3 rings (SSSR count). The quantitative estimate of drug-likeness (QED) is 0.867. The lowest BCUT2D eigenvalue weighted by Gasteiger charge is -2.33. The van der Waals surface area contributed by atoms with Crippen LogP contribution in [0, 0.1) is 0 Å². The number of carbonyl (C=O) groups excluding carboxylic acids is 2. The molecule has 2 aromatic rings. The number of benzene rings is 1. The monoisotopic (exact) mass is 338 g/mol. The normalized spacial score (nSPS) is 15.0. The van der Waals surface area contributed by atoms with Gasteiger partial charge in [0.15, 0.2) is 5.78 Å². The number of rotatable bonds is 4. The maximum absolute atomic E-state index is 12.5. The van der Waals surface area contributed by atoms with E-state index in [1.165, 1.54) is 6.92 Å². The third kappa shape index (κ3) is 4.22. The van der Waals surface area contributed by atoms with Gasteiger partial charge in [0.2, 0.25) is 0 Å². The molecule has 25 heavy (non-hydrogen) atoms. The Bertz CT molecular complexity index is 782. The number of hydrogen-bond donors (Lipinski definition) is 1. The lowest BCUT2D eigenvalue weighted by atomic mass is 10.1. The SMILES string of the molecule is CC(=O)c1cccc(NC(=O)c2cccc(N3CCN(C)CC3)n2)c1. The van der Waals surface area contributed by atoms with Crippen LogP contribution in [0.4, 0.5) is 11.5 Å². The molecular formula is C19H22N4O2. The molecule has 0 radical (unpaired) electrons. The molecule has 130 valence electrons. The molecule has 0 bridgehead atoms. The minimum atomic E-state index is -0.281. The van der Waals surface area contributed by atoms with Gasteiger partial charge in [-0.3, -0.25) is 9.59 Å². The van der Waals surface area contributed by atoms with E-state index in [0.717, 1.165) is 32.0 Å². The predicted octanol–water partition coefficient (Wildman–Crippen LogP) is 2.29. The number of Topliss-reactive ketones (excluding diaryl/α,β-unsaturated/α-hetero) is 1. The minimum absolute atomic E-state index is 0.0358. The van der Waals surface area contributed by atoms with Crippen LogP contribution in [0.1, 0.15) is 27.8 Å². The molecule has 1 N–H and O–H groups in total. The zero-order chi connectivity index (χ0) is 17.8. The highest BCUT2D eigenvalue weighted by Crippen LogP contribution is 2.16. The van der Waals surface area contributed by atoms with E-state index in [9.17, 15) is 9.59 Å². The molecule has 1 aliphatic heterocycles. The second kappa shape index (κ2) is 7.44. The Morgan fingerprint density at radius 3 is 2.48 bits per heavy atom. The van der Waals surface area contributed by atoms with Crippen LogP contribution >= 0.6 is 0 Å². The number of carbonyl (C=O) groups is 2. The predicted molar refractivity (Wildman–Crippen MR) is 98.3 cm³/mol. The fourth-order valence-corrected chi connectivity index (χ4v) is 2.77. The van der Waals surface area contributed by atoms with Crippen LogP contribution in [0.25, 0.3) is 0 Å². The number of amides is 1. The number of hydrogen-bond acceptors (Lipinski definition) is 5. The van der Waals surface area contributed by atoms with Crippen LogP contribution < -0.4 is 10.2 Å². The van der Waals surface area contributed by atoms with Gasteiger partial charge in [-0.25, -0.2) is 4.98 Å². The molecule has 0 atom stereocenters. The number of likely N-dealkylation sites (N-methyl/N-ethyl adjacent to an activating group) is 1. The van der Waals surface area contributed by atoms with Gasteiger partial charge in [-0.05, 0) is 38.2 Å². The second-order valence-corrected chi connectivity index (χ2v) is 6.26. The summed E-state index contributed by atoms with van der Waals surface area (Å²) in [4.78, 5) is 32.9. The van der Waals surface area contributed by atoms with Crippen LogP contribution in [0.15, 0.2) is 42.5 Å². The van der Waals surface area contributed by atoms with Gasteiger partial charge in [0.1, 0.15) is 11.5 Å². The number of aromatic nitrogens is 1. The van der Waals surface area contributed by atoms with Crippen molar-refractivity contribution in [1.29, 1.82) is 0 Å². The molecule has 6 nitrogen and oxygen atoms in total. The van der Waals surface area contributed by atoms with Crippen LogP contribution in [-0.4, -0.2) is 54.8 Å². The van der Waals surface area contributed by atoms with Crippen molar-refractivity contribution in [2.24, 2.45) is 0 Å². The molecule has 1 amide bonds. The van der Waals surface area contributed by atoms with Crippen LogP contribution in [-0.2, 0) is 0 Å². The maximum atomic E-state index is 12.5. The van der Waals surface area contributed by atoms with E-state index >= 15 is 0 Å². The van der Waals surface area contributed by atoms with E-state index in [1.807, 2.05) is 12.1 Å². The summed E-state index contributed by atoms with van der Waals surface area (Å²) in [5, 5.41) is 2.81. The summed E-state index contributed by atoms with van der Waals surface area (Å²) in [6.07, 6.45) is 0. The minimum Gasteiger partial charge on any atom is -0.354 e. The van der Waals surface area contributed by atoms with E-state index < -0.39 is 0 Å². The molecule has 1 aromatic carbocycles. The molecule has 1 saturated heterocycles. The number of pyridine rings is 1. The van der Waals surface area contributed by atoms with Crippen molar-refractivity contribution >= 4 is 23.2 Å². The Balaban J connectivity index is 1.73. The fourth-order valence-electron chi connectivity index (χ4n) is 2.77. The van der Waals surface area contributed by atoms with Crippen molar-refractivity contribution in [1.82, 2.24) is 9.88 Å². The Morgan fingerprint density at radius 2 is 1.76 bits per heavy atom. The number of nitrogens with one attached hydrogen (secondary N) is 1. The van der Waals surface area contributed by atoms with Crippen molar-refractivity contribution in [3.05, 3.63) is 53.7 Å². The summed E-state index contributed by atoms with van der Waals surface area (Å²) >= 11 is 0. The summed E-state index contributed by atoms with van der Waals surface area (Å²) in [7, 11) is 2.10. The van der Waals surface area contributed by atoms with Gasteiger partial charge in [0.05, 0.1) is 0 Å². The van der Waals surface area contributed by atoms with Gasteiger partial charge in [-0.15, -0.1) is 0 Å². The van der Waals surface area contributed by atoms with Gasteiger partial charge in [-0.1, -0.05) is 18.2 Å². The molecule has 0 spiro atoms. The Morgan fingerprint density at radius 1 is 1.04 bits per heavy atom. The van der Waals surface area contributed by atoms with Gasteiger partial charge in [0.25, 0.3) is 5.91 Å². The maximum Gasteiger partial charge on any atom is 0.274 e. The molecule has 1 aliphatic rings. The third-order valence-electron chi connectivity index (χ3n) is 4.32. The van der Waals surface area contributed by atoms with Crippen LogP contribution in [0.2, 0.25) is 0 Å². The highest BCUT2D eigenvalue weighted by Gasteiger charge is 2.17. The smallest absolute Gasteiger partial charge is 0.274 e. The summed E-state index contributed by atoms with van der Waals surface area (Å²) in [5.41, 5.74) is 1.52. The first kappa shape index (κ1) is 17.1. The molecule has 1 fully saturated rings. The highest BCUT2D eigenvalue weighted by molar-refractivity contribution is 6.04. The average Bonchev–Trinajstić information content (AvgIpc) is 2.62. The topological polar surface area (TPSA) is 65.5 Å². The van der Waals surface area contributed by atoms with Crippen molar-refractivity contribution in [3.8, 4) is 0 Å². The summed E-state index contributed by atoms with van der Waals surface area (Å²) in [6.45, 7) is 5.26. The highest BCUT2D eigenvalue weighted by atomic mass is 16.2. The standard InChI is InChI=1S/C19H22N4O2/c1-14(24)15-5-3-6-16(13-15)20-19(25)17-7-4-8-18(21-17)23-11-9-22(2)10-12-23/h3-8,13H,9-12H2,1-2H3,(H,20,25). The van der Waals surface area contributed by atoms with Gasteiger partial charge in [0, 0.05) is 37.4 Å². The Kier molecular flexibility index (Phi) is 5.09. The number of ketones is 1. The number of nitrogens with zero attached hydrogens (tertiary/aromatic N) is 3. The molecule has 0 saturated carbocycles. The van der Waals surface area contributed by atoms with E-state index in [-0.39, 0.29) is 11.7 Å². The van der Waals surface area contributed by atoms with Crippen molar-refractivity contribution in [3.63, 3.8) is 0 Å². The lowest BCUT2D eigenvalue weighted by Crippen LogP contribution is -2.44. The van der Waals surface area contributed by atoms with Gasteiger partial charge in [-0.2, -0.15) is 0 Å². The molecule has 0 unspecified atom stereocenters. The molecule has 6 heteroatoms. The first-order chi connectivity index (χ1) is 12.0. The van der Waals surface area contributed by atoms with E-state index in [0.29, 0.717) is 16.9 Å². The lowest BCUT2D eigenvalue weighted by molar-refractivity contribution is 0.100. The average molecular weight is 338 g/mol. The van der Waals surface area contributed by atoms with E-state index in [2.05, 4.69) is 27.1 Å². The number of anilines is 2. The van der Waals surface area contributed by atoms with Gasteiger partial charge < -0.3 is 15.1 Å². The Hall–Kier alpha value is -2.73. The van der Waals surface area contributed by atoms with Crippen molar-refractivity contribution < 1.29 is 9.59 Å². The zero-order valence-electron chi connectivity index (χ0n) is 14.5. The molecular weight excluding hydrogens is 316 g/mol. The molecule has 1 aromatic heterocycles. The zero-order valence-corrected chi connectivity index (χ0v) is 14.5. The van der Waals surface area contributed by atoms with Crippen LogP contribution in [0.3, 0.4) is 0 Å². The largest absolute Gasteiger partial charge is 0.354 e. The van der Waals surface area contributed by atoms with Crippen molar-refractivity contribution in [2.45, 2.75) is 6.92 Å². The first-order valence-electron chi connectivity index (χ1n) is 8.36. The summed E-state index contributed by atoms with van der Waals surface area (Å²) in [6, 6.07) is 12.4. The van der Waals surface area contributed by atoms with Gasteiger partial charge >= 0.3 is 0 Å². The second-order valence-electron chi connectivity index (χ2n) is 6.26. The summed E-state index contributed by atoms with van der Waals surface area (Å²) < 4.78 is 0. The molecule has 0 aliphatic carbocycles. The first-order valence-corrected chi connectivity index (χ1v) is 8.36. The fraction of sp³-hybridized carbons (Fsp3) is 0.316. The third-order valence-corrected chi connectivity index (χ3v) is 4.32. The number of piperazine rings is 1. The van der Waals surface area contributed by atoms with Crippen LogP contribution in [0.5, 0.6) is 0 Å². The molecule has 2 heterocycles.